The predicted molar refractivity (Wildman–Crippen MR) is 50.6 cm³/mol. The van der Waals surface area contributed by atoms with Crippen LogP contribution in [0.25, 0.3) is 0 Å². The van der Waals surface area contributed by atoms with Gasteiger partial charge < -0.3 is 0 Å². The molecule has 0 unspecified atom stereocenters. The average molecular weight is 284 g/mol. The molecule has 15 heavy (non-hydrogen) atoms. The van der Waals surface area contributed by atoms with Gasteiger partial charge in [0.2, 0.25) is 0 Å². The summed E-state index contributed by atoms with van der Waals surface area (Å²) in [5.74, 6) is 0. The van der Waals surface area contributed by atoms with Crippen LogP contribution in [0.15, 0.2) is 22.7 Å². The second-order valence-corrected chi connectivity index (χ2v) is 3.64. The first-order chi connectivity index (χ1) is 6.81. The van der Waals surface area contributed by atoms with Crippen LogP contribution in [0.2, 0.25) is 0 Å². The summed E-state index contributed by atoms with van der Waals surface area (Å²) in [4.78, 5) is 9.65. The molecule has 1 rings (SSSR count). The molecular weight excluding hydrogens is 279 g/mol. The highest BCUT2D eigenvalue weighted by atomic mass is 79.9. The predicted octanol–water partition coefficient (Wildman–Crippen LogP) is 3.46. The molecule has 1 aromatic carbocycles. The van der Waals surface area contributed by atoms with E-state index >= 15 is 0 Å². The molecule has 0 bridgehead atoms. The van der Waals surface area contributed by atoms with E-state index in [1.165, 1.54) is 12.1 Å². The van der Waals surface area contributed by atoms with E-state index in [1.54, 1.807) is 0 Å². The molecule has 0 aliphatic rings. The van der Waals surface area contributed by atoms with E-state index in [1.807, 2.05) is 0 Å². The van der Waals surface area contributed by atoms with Gasteiger partial charge in [-0.1, -0.05) is 22.0 Å². The van der Waals surface area contributed by atoms with Gasteiger partial charge in [0.25, 0.3) is 5.69 Å². The van der Waals surface area contributed by atoms with E-state index in [2.05, 4.69) is 15.9 Å². The highest BCUT2D eigenvalue weighted by molar-refractivity contribution is 9.10. The summed E-state index contributed by atoms with van der Waals surface area (Å²) in [6, 6.07) is 3.71. The molecule has 0 saturated carbocycles. The molecular formula is C8H5BrF3NO2. The van der Waals surface area contributed by atoms with E-state index in [9.17, 15) is 23.3 Å². The lowest BCUT2D eigenvalue weighted by Crippen LogP contribution is -2.13. The Bertz CT molecular complexity index is 392. The number of hydrogen-bond donors (Lipinski definition) is 0. The Morgan fingerprint density at radius 2 is 2.00 bits per heavy atom. The van der Waals surface area contributed by atoms with Crippen molar-refractivity contribution in [1.82, 2.24) is 0 Å². The molecule has 0 N–H and O–H groups in total. The van der Waals surface area contributed by atoms with Crippen LogP contribution >= 0.6 is 15.9 Å². The van der Waals surface area contributed by atoms with E-state index in [0.717, 1.165) is 6.07 Å². The maximum Gasteiger partial charge on any atom is 0.393 e. The van der Waals surface area contributed by atoms with E-state index < -0.39 is 23.2 Å². The molecule has 3 nitrogen and oxygen atoms in total. The Labute approximate surface area is 91.2 Å². The molecule has 1 aromatic rings. The van der Waals surface area contributed by atoms with Gasteiger partial charge >= 0.3 is 6.18 Å². The van der Waals surface area contributed by atoms with Crippen LogP contribution in [0.3, 0.4) is 0 Å². The largest absolute Gasteiger partial charge is 0.393 e. The Balaban J connectivity index is 3.19. The summed E-state index contributed by atoms with van der Waals surface area (Å²) >= 11 is 2.86. The summed E-state index contributed by atoms with van der Waals surface area (Å²) < 4.78 is 36.5. The van der Waals surface area contributed by atoms with Gasteiger partial charge in [-0.05, 0) is 6.07 Å². The van der Waals surface area contributed by atoms with Gasteiger partial charge in [0.1, 0.15) is 0 Å². The molecule has 0 radical (unpaired) electrons. The fraction of sp³-hybridized carbons (Fsp3) is 0.250. The Hall–Kier alpha value is -1.11. The molecule has 82 valence electrons. The van der Waals surface area contributed by atoms with Gasteiger partial charge in [0, 0.05) is 10.5 Å². The molecule has 0 aliphatic carbocycles. The van der Waals surface area contributed by atoms with Crippen molar-refractivity contribution < 1.29 is 18.1 Å². The molecule has 0 fully saturated rings. The van der Waals surface area contributed by atoms with Crippen molar-refractivity contribution in [2.24, 2.45) is 0 Å². The quantitative estimate of drug-likeness (QED) is 0.616. The van der Waals surface area contributed by atoms with Gasteiger partial charge in [0.15, 0.2) is 0 Å². The third kappa shape index (κ3) is 3.19. The lowest BCUT2D eigenvalue weighted by atomic mass is 10.1. The number of nitrogens with zero attached hydrogens (tertiary/aromatic N) is 1. The normalized spacial score (nSPS) is 11.5. The second kappa shape index (κ2) is 4.18. The zero-order chi connectivity index (χ0) is 11.6. The van der Waals surface area contributed by atoms with Crippen molar-refractivity contribution in [1.29, 1.82) is 0 Å². The van der Waals surface area contributed by atoms with E-state index in [-0.39, 0.29) is 10.0 Å². The molecule has 7 heteroatoms. The minimum absolute atomic E-state index is 0.0917. The summed E-state index contributed by atoms with van der Waals surface area (Å²) in [6.45, 7) is 0. The summed E-state index contributed by atoms with van der Waals surface area (Å²) in [5, 5.41) is 10.5. The van der Waals surface area contributed by atoms with Crippen molar-refractivity contribution >= 4 is 21.6 Å². The molecule has 0 aromatic heterocycles. The highest BCUT2D eigenvalue weighted by Gasteiger charge is 2.32. The first-order valence-corrected chi connectivity index (χ1v) is 4.59. The van der Waals surface area contributed by atoms with Crippen LogP contribution in [0.5, 0.6) is 0 Å². The monoisotopic (exact) mass is 283 g/mol. The zero-order valence-corrected chi connectivity index (χ0v) is 8.80. The van der Waals surface area contributed by atoms with Crippen molar-refractivity contribution in [3.05, 3.63) is 38.3 Å². The van der Waals surface area contributed by atoms with Gasteiger partial charge in [-0.15, -0.1) is 0 Å². The number of nitro benzene ring substituents is 1. The molecule has 0 spiro atoms. The third-order valence-electron chi connectivity index (χ3n) is 1.67. The Morgan fingerprint density at radius 1 is 1.40 bits per heavy atom. The molecule has 0 amide bonds. The molecule has 0 aliphatic heterocycles. The van der Waals surface area contributed by atoms with Crippen molar-refractivity contribution in [3.63, 3.8) is 0 Å². The van der Waals surface area contributed by atoms with Crippen LogP contribution < -0.4 is 0 Å². The van der Waals surface area contributed by atoms with Crippen LogP contribution in [-0.4, -0.2) is 11.1 Å². The maximum absolute atomic E-state index is 12.1. The highest BCUT2D eigenvalue weighted by Crippen LogP contribution is 2.32. The van der Waals surface area contributed by atoms with Crippen molar-refractivity contribution in [2.75, 3.05) is 0 Å². The average Bonchev–Trinajstić information content (AvgIpc) is 2.05. The van der Waals surface area contributed by atoms with Gasteiger partial charge in [-0.3, -0.25) is 10.1 Å². The van der Waals surface area contributed by atoms with Crippen LogP contribution in [0.4, 0.5) is 18.9 Å². The number of alkyl halides is 3. The van der Waals surface area contributed by atoms with Gasteiger partial charge in [0.05, 0.1) is 16.9 Å². The van der Waals surface area contributed by atoms with Gasteiger partial charge in [-0.25, -0.2) is 0 Å². The first kappa shape index (κ1) is 12.0. The number of nitro groups is 1. The molecule has 0 saturated heterocycles. The zero-order valence-electron chi connectivity index (χ0n) is 7.21. The van der Waals surface area contributed by atoms with Crippen LogP contribution in [-0.2, 0) is 6.42 Å². The van der Waals surface area contributed by atoms with Crippen LogP contribution in [0, 0.1) is 10.1 Å². The molecule has 0 heterocycles. The number of benzene rings is 1. The summed E-state index contributed by atoms with van der Waals surface area (Å²) in [5.41, 5.74) is -0.878. The summed E-state index contributed by atoms with van der Waals surface area (Å²) in [7, 11) is 0. The second-order valence-electron chi connectivity index (χ2n) is 2.79. The standard InChI is InChI=1S/C8H5BrF3NO2/c9-6-2-1-3-7(13(14)15)5(6)4-8(10,11)12/h1-3H,4H2. The van der Waals surface area contributed by atoms with Crippen molar-refractivity contribution in [2.45, 2.75) is 12.6 Å². The number of hydrogen-bond acceptors (Lipinski definition) is 2. The first-order valence-electron chi connectivity index (χ1n) is 3.80. The third-order valence-corrected chi connectivity index (χ3v) is 2.41. The summed E-state index contributed by atoms with van der Waals surface area (Å²) in [6.07, 6.45) is -5.78. The Kier molecular flexibility index (Phi) is 3.33. The fourth-order valence-corrected chi connectivity index (χ4v) is 1.59. The Morgan fingerprint density at radius 3 is 2.47 bits per heavy atom. The fourth-order valence-electron chi connectivity index (χ4n) is 1.09. The van der Waals surface area contributed by atoms with Crippen LogP contribution in [0.1, 0.15) is 5.56 Å². The lowest BCUT2D eigenvalue weighted by Gasteiger charge is -2.08. The van der Waals surface area contributed by atoms with E-state index in [0.29, 0.717) is 0 Å². The number of rotatable bonds is 2. The molecule has 0 atom stereocenters. The van der Waals surface area contributed by atoms with Gasteiger partial charge in [-0.2, -0.15) is 13.2 Å². The topological polar surface area (TPSA) is 43.1 Å². The lowest BCUT2D eigenvalue weighted by molar-refractivity contribution is -0.386. The van der Waals surface area contributed by atoms with Crippen molar-refractivity contribution in [3.8, 4) is 0 Å². The SMILES string of the molecule is O=[N+]([O-])c1cccc(Br)c1CC(F)(F)F. The number of halogens is 4. The minimum Gasteiger partial charge on any atom is -0.258 e. The maximum atomic E-state index is 12.1. The smallest absolute Gasteiger partial charge is 0.258 e. The minimum atomic E-state index is -4.46. The van der Waals surface area contributed by atoms with E-state index in [4.69, 9.17) is 0 Å².